The second kappa shape index (κ2) is 11.6. The molecule has 6 nitrogen and oxygen atoms in total. The minimum Gasteiger partial charge on any atom is -0.464 e. The first-order chi connectivity index (χ1) is 21.3. The van der Waals surface area contributed by atoms with Gasteiger partial charge in [0.05, 0.1) is 22.9 Å². The lowest BCUT2D eigenvalue weighted by Crippen LogP contribution is -2.42. The van der Waals surface area contributed by atoms with Crippen LogP contribution < -0.4 is 5.32 Å². The monoisotopic (exact) mass is 598 g/mol. The Hall–Kier alpha value is -4.37. The van der Waals surface area contributed by atoms with Crippen LogP contribution in [0.3, 0.4) is 0 Å². The van der Waals surface area contributed by atoms with E-state index in [9.17, 15) is 18.0 Å². The highest BCUT2D eigenvalue weighted by atomic mass is 19.4. The van der Waals surface area contributed by atoms with Crippen LogP contribution in [0.25, 0.3) is 33.0 Å². The van der Waals surface area contributed by atoms with Gasteiger partial charge in [0.1, 0.15) is 11.4 Å². The van der Waals surface area contributed by atoms with E-state index in [2.05, 4.69) is 16.3 Å². The largest absolute Gasteiger partial charge is 0.464 e. The molecule has 0 aliphatic carbocycles. The number of hydrogen-bond donors (Lipinski definition) is 1. The number of amides is 1. The summed E-state index contributed by atoms with van der Waals surface area (Å²) in [7, 11) is 0. The van der Waals surface area contributed by atoms with Crippen LogP contribution in [0.2, 0.25) is 0 Å². The molecule has 1 N–H and O–H groups in total. The molecule has 3 aromatic carbocycles. The molecule has 0 radical (unpaired) electrons. The van der Waals surface area contributed by atoms with E-state index in [0.717, 1.165) is 72.1 Å². The summed E-state index contributed by atoms with van der Waals surface area (Å²) in [5.74, 6) is 0.489. The quantitative estimate of drug-likeness (QED) is 0.206. The van der Waals surface area contributed by atoms with E-state index in [1.165, 1.54) is 25.0 Å². The van der Waals surface area contributed by atoms with Crippen LogP contribution in [0.1, 0.15) is 47.2 Å². The summed E-state index contributed by atoms with van der Waals surface area (Å²) in [6.45, 7) is 4.04. The summed E-state index contributed by atoms with van der Waals surface area (Å²) in [4.78, 5) is 23.6. The topological polar surface area (TPSA) is 61.6 Å². The SMILES string of the molecule is O=C(c1cc(NCc2ccc(C(F)(F)F)cc2)nc2ccc(-c3ccc4occc4c3)cc12)N1CCC[C@H]1CN1CCCC1. The number of pyridine rings is 1. The highest BCUT2D eigenvalue weighted by Gasteiger charge is 2.33. The normalized spacial score (nSPS) is 17.6. The molecule has 2 aliphatic heterocycles. The Morgan fingerprint density at radius 2 is 1.68 bits per heavy atom. The lowest BCUT2D eigenvalue weighted by Gasteiger charge is -2.29. The molecule has 0 unspecified atom stereocenters. The second-order valence-corrected chi connectivity index (χ2v) is 11.8. The highest BCUT2D eigenvalue weighted by Crippen LogP contribution is 2.33. The van der Waals surface area contributed by atoms with Crippen LogP contribution in [0.5, 0.6) is 0 Å². The number of nitrogens with zero attached hydrogens (tertiary/aromatic N) is 3. The first kappa shape index (κ1) is 28.4. The Kier molecular flexibility index (Phi) is 7.50. The first-order valence-corrected chi connectivity index (χ1v) is 15.2. The van der Waals surface area contributed by atoms with Gasteiger partial charge in [-0.1, -0.05) is 24.3 Å². The van der Waals surface area contributed by atoms with Gasteiger partial charge in [0.2, 0.25) is 0 Å². The Morgan fingerprint density at radius 3 is 2.48 bits per heavy atom. The predicted octanol–water partition coefficient (Wildman–Crippen LogP) is 7.98. The summed E-state index contributed by atoms with van der Waals surface area (Å²) in [5.41, 5.74) is 4.04. The molecular formula is C35H33F3N4O2. The maximum Gasteiger partial charge on any atom is 0.416 e. The zero-order valence-corrected chi connectivity index (χ0v) is 24.2. The minimum absolute atomic E-state index is 0.0147. The molecule has 5 aromatic rings. The average molecular weight is 599 g/mol. The van der Waals surface area contributed by atoms with Crippen LogP contribution in [-0.2, 0) is 12.7 Å². The van der Waals surface area contributed by atoms with Gasteiger partial charge in [0.15, 0.2) is 0 Å². The van der Waals surface area contributed by atoms with Crippen molar-refractivity contribution in [2.24, 2.45) is 0 Å². The second-order valence-electron chi connectivity index (χ2n) is 11.8. The molecule has 0 spiro atoms. The van der Waals surface area contributed by atoms with E-state index in [1.807, 2.05) is 41.3 Å². The molecule has 0 bridgehead atoms. The van der Waals surface area contributed by atoms with Gasteiger partial charge in [-0.25, -0.2) is 4.98 Å². The van der Waals surface area contributed by atoms with Crippen LogP contribution >= 0.6 is 0 Å². The van der Waals surface area contributed by atoms with E-state index in [1.54, 1.807) is 12.3 Å². The molecule has 1 atom stereocenters. The number of rotatable bonds is 7. The average Bonchev–Trinajstić information content (AvgIpc) is 3.81. The van der Waals surface area contributed by atoms with Gasteiger partial charge < -0.3 is 19.5 Å². The van der Waals surface area contributed by atoms with Crippen LogP contribution in [0.15, 0.2) is 83.5 Å². The fraction of sp³-hybridized carbons (Fsp3) is 0.314. The van der Waals surface area contributed by atoms with Crippen molar-refractivity contribution in [2.45, 2.75) is 44.4 Å². The number of nitrogens with one attached hydrogen (secondary N) is 1. The molecule has 4 heterocycles. The van der Waals surface area contributed by atoms with Crippen LogP contribution in [0.4, 0.5) is 19.0 Å². The van der Waals surface area contributed by atoms with Gasteiger partial charge in [0.25, 0.3) is 5.91 Å². The number of benzene rings is 3. The summed E-state index contributed by atoms with van der Waals surface area (Å²) in [5, 5.41) is 5.02. The standard InChI is InChI=1S/C35H33F3N4O2/c36-35(37,38)27-9-5-23(6-10-27)21-39-33-20-30(34(43)42-16-3-4-28(42)22-41-14-1-2-15-41)29-19-25(7-11-31(29)40-33)24-8-12-32-26(18-24)13-17-44-32/h5-13,17-20,28H,1-4,14-16,21-22H2,(H,39,40)/t28-/m0/s1. The molecular weight excluding hydrogens is 565 g/mol. The molecule has 2 aromatic heterocycles. The third kappa shape index (κ3) is 5.76. The van der Waals surface area contributed by atoms with Crippen molar-refractivity contribution in [3.8, 4) is 11.1 Å². The predicted molar refractivity (Wildman–Crippen MR) is 165 cm³/mol. The number of halogens is 3. The number of carbonyl (C=O) groups is 1. The molecule has 44 heavy (non-hydrogen) atoms. The van der Waals surface area contributed by atoms with Crippen molar-refractivity contribution >= 4 is 33.6 Å². The van der Waals surface area contributed by atoms with Gasteiger partial charge in [-0.3, -0.25) is 4.79 Å². The molecule has 1 amide bonds. The van der Waals surface area contributed by atoms with Gasteiger partial charge >= 0.3 is 6.18 Å². The lowest BCUT2D eigenvalue weighted by molar-refractivity contribution is -0.137. The Bertz CT molecular complexity index is 1810. The molecule has 2 fully saturated rings. The number of hydrogen-bond acceptors (Lipinski definition) is 5. The summed E-state index contributed by atoms with van der Waals surface area (Å²) >= 11 is 0. The fourth-order valence-electron chi connectivity index (χ4n) is 6.53. The Labute approximate surface area is 253 Å². The van der Waals surface area contributed by atoms with Gasteiger partial charge in [-0.15, -0.1) is 0 Å². The van der Waals surface area contributed by atoms with E-state index in [0.29, 0.717) is 29.0 Å². The van der Waals surface area contributed by atoms with E-state index in [4.69, 9.17) is 9.40 Å². The number of furan rings is 1. The number of carbonyl (C=O) groups excluding carboxylic acids is 1. The van der Waals surface area contributed by atoms with Crippen molar-refractivity contribution in [3.05, 3.63) is 95.7 Å². The van der Waals surface area contributed by atoms with Crippen molar-refractivity contribution in [2.75, 3.05) is 31.5 Å². The minimum atomic E-state index is -4.38. The number of aromatic nitrogens is 1. The molecule has 7 rings (SSSR count). The summed E-state index contributed by atoms with van der Waals surface area (Å²) in [6.07, 6.45) is 1.66. The number of fused-ring (bicyclic) bond motifs is 2. The zero-order chi connectivity index (χ0) is 30.3. The molecule has 9 heteroatoms. The Morgan fingerprint density at radius 1 is 0.909 bits per heavy atom. The Balaban J connectivity index is 1.23. The maximum absolute atomic E-state index is 14.3. The fourth-order valence-corrected chi connectivity index (χ4v) is 6.53. The molecule has 2 aliphatic rings. The molecule has 2 saturated heterocycles. The highest BCUT2D eigenvalue weighted by molar-refractivity contribution is 6.08. The maximum atomic E-state index is 14.3. The number of alkyl halides is 3. The molecule has 226 valence electrons. The van der Waals surface area contributed by atoms with E-state index >= 15 is 0 Å². The van der Waals surface area contributed by atoms with E-state index < -0.39 is 11.7 Å². The summed E-state index contributed by atoms with van der Waals surface area (Å²) < 4.78 is 44.6. The number of likely N-dealkylation sites (tertiary alicyclic amines) is 2. The van der Waals surface area contributed by atoms with Crippen LogP contribution in [-0.4, -0.2) is 52.9 Å². The summed E-state index contributed by atoms with van der Waals surface area (Å²) in [6, 6.07) is 20.9. The van der Waals surface area contributed by atoms with Gasteiger partial charge in [0, 0.05) is 36.4 Å². The van der Waals surface area contributed by atoms with Crippen molar-refractivity contribution in [3.63, 3.8) is 0 Å². The first-order valence-electron chi connectivity index (χ1n) is 15.2. The molecule has 0 saturated carbocycles. The van der Waals surface area contributed by atoms with Crippen molar-refractivity contribution < 1.29 is 22.4 Å². The van der Waals surface area contributed by atoms with Crippen molar-refractivity contribution in [1.82, 2.24) is 14.8 Å². The zero-order valence-electron chi connectivity index (χ0n) is 24.2. The van der Waals surface area contributed by atoms with Gasteiger partial charge in [-0.2, -0.15) is 13.2 Å². The van der Waals surface area contributed by atoms with Crippen molar-refractivity contribution in [1.29, 1.82) is 0 Å². The third-order valence-electron chi connectivity index (χ3n) is 8.89. The van der Waals surface area contributed by atoms with Gasteiger partial charge in [-0.05, 0) is 104 Å². The third-order valence-corrected chi connectivity index (χ3v) is 8.89. The van der Waals surface area contributed by atoms with E-state index in [-0.39, 0.29) is 18.5 Å². The smallest absolute Gasteiger partial charge is 0.416 e. The number of anilines is 1. The van der Waals surface area contributed by atoms with Crippen LogP contribution in [0, 0.1) is 0 Å². The lowest BCUT2D eigenvalue weighted by atomic mass is 9.99.